The maximum atomic E-state index is 11.9. The Bertz CT molecular complexity index is 736. The van der Waals surface area contributed by atoms with Crippen LogP contribution in [-0.2, 0) is 20.8 Å². The predicted octanol–water partition coefficient (Wildman–Crippen LogP) is 2.98. The van der Waals surface area contributed by atoms with Crippen LogP contribution in [0.25, 0.3) is 10.9 Å². The Balaban J connectivity index is 2.02. The minimum Gasteiger partial charge on any atom is -0.465 e. The first-order valence-corrected chi connectivity index (χ1v) is 9.00. The summed E-state index contributed by atoms with van der Waals surface area (Å²) in [6.45, 7) is 7.96. The van der Waals surface area contributed by atoms with Crippen LogP contribution in [0.3, 0.4) is 0 Å². The van der Waals surface area contributed by atoms with Gasteiger partial charge in [0.25, 0.3) is 0 Å². The average Bonchev–Trinajstić information content (AvgIpc) is 2.87. The molecule has 0 spiro atoms. The number of rotatable bonds is 4. The molecule has 1 aliphatic heterocycles. The van der Waals surface area contributed by atoms with Gasteiger partial charge >= 0.3 is 5.97 Å². The van der Waals surface area contributed by atoms with E-state index in [0.717, 1.165) is 34.3 Å². The Morgan fingerprint density at radius 1 is 1.38 bits per heavy atom. The van der Waals surface area contributed by atoms with Gasteiger partial charge in [0.05, 0.1) is 29.7 Å². The zero-order valence-corrected chi connectivity index (χ0v) is 15.7. The van der Waals surface area contributed by atoms with Crippen molar-refractivity contribution in [1.82, 2.24) is 9.78 Å². The van der Waals surface area contributed by atoms with Gasteiger partial charge in [-0.25, -0.2) is 0 Å². The van der Waals surface area contributed by atoms with E-state index >= 15 is 0 Å². The molecule has 7 heteroatoms. The van der Waals surface area contributed by atoms with Crippen LogP contribution in [0.15, 0.2) is 22.7 Å². The van der Waals surface area contributed by atoms with E-state index < -0.39 is 0 Å². The van der Waals surface area contributed by atoms with Gasteiger partial charge in [-0.15, -0.1) is 0 Å². The number of ether oxygens (including phenoxy) is 2. The quantitative estimate of drug-likeness (QED) is 0.744. The van der Waals surface area contributed by atoms with Gasteiger partial charge in [-0.2, -0.15) is 5.10 Å². The van der Waals surface area contributed by atoms with Gasteiger partial charge in [0.1, 0.15) is 6.54 Å². The number of hydrogen-bond donors (Lipinski definition) is 0. The summed E-state index contributed by atoms with van der Waals surface area (Å²) in [4.78, 5) is 14.1. The Morgan fingerprint density at radius 2 is 2.08 bits per heavy atom. The summed E-state index contributed by atoms with van der Waals surface area (Å²) in [5.74, 6) is 0.598. The molecule has 0 bridgehead atoms. The smallest absolute Gasteiger partial charge is 0.327 e. The largest absolute Gasteiger partial charge is 0.465 e. The number of hydrogen-bond acceptors (Lipinski definition) is 5. The SMILES string of the molecule is CCOC(=O)Cn1nc(N2C[C@@H](C)O[C@@H](C)C2)c2c(Br)cccc21. The van der Waals surface area contributed by atoms with Crippen LogP contribution in [0, 0.1) is 0 Å². The maximum Gasteiger partial charge on any atom is 0.327 e. The fraction of sp³-hybridized carbons (Fsp3) is 0.529. The highest BCUT2D eigenvalue weighted by Crippen LogP contribution is 2.34. The summed E-state index contributed by atoms with van der Waals surface area (Å²) < 4.78 is 13.6. The number of halogens is 1. The van der Waals surface area contributed by atoms with Crippen molar-refractivity contribution in [2.75, 3.05) is 24.6 Å². The summed E-state index contributed by atoms with van der Waals surface area (Å²) in [6.07, 6.45) is 0.281. The summed E-state index contributed by atoms with van der Waals surface area (Å²) >= 11 is 3.63. The lowest BCUT2D eigenvalue weighted by atomic mass is 10.2. The van der Waals surface area contributed by atoms with Gasteiger partial charge in [0.15, 0.2) is 5.82 Å². The average molecular weight is 396 g/mol. The first-order valence-electron chi connectivity index (χ1n) is 8.20. The Hall–Kier alpha value is -1.60. The van der Waals surface area contributed by atoms with Crippen LogP contribution < -0.4 is 4.90 Å². The van der Waals surface area contributed by atoms with Crippen molar-refractivity contribution >= 4 is 38.6 Å². The lowest BCUT2D eigenvalue weighted by Gasteiger charge is -2.35. The van der Waals surface area contributed by atoms with E-state index in [-0.39, 0.29) is 24.7 Å². The van der Waals surface area contributed by atoms with E-state index in [2.05, 4.69) is 34.7 Å². The van der Waals surface area contributed by atoms with Crippen molar-refractivity contribution in [3.05, 3.63) is 22.7 Å². The zero-order valence-electron chi connectivity index (χ0n) is 14.2. The molecule has 0 amide bonds. The number of carbonyl (C=O) groups is 1. The van der Waals surface area contributed by atoms with Gasteiger partial charge < -0.3 is 14.4 Å². The van der Waals surface area contributed by atoms with Crippen LogP contribution in [-0.4, -0.2) is 47.7 Å². The van der Waals surface area contributed by atoms with Gasteiger partial charge in [-0.1, -0.05) is 6.07 Å². The topological polar surface area (TPSA) is 56.6 Å². The van der Waals surface area contributed by atoms with Crippen LogP contribution in [0.1, 0.15) is 20.8 Å². The molecule has 0 aliphatic carbocycles. The van der Waals surface area contributed by atoms with Gasteiger partial charge in [0, 0.05) is 17.6 Å². The van der Waals surface area contributed by atoms with E-state index in [4.69, 9.17) is 14.6 Å². The normalized spacial score (nSPS) is 21.2. The highest BCUT2D eigenvalue weighted by atomic mass is 79.9. The van der Waals surface area contributed by atoms with Crippen molar-refractivity contribution in [1.29, 1.82) is 0 Å². The molecule has 0 saturated carbocycles. The molecule has 0 unspecified atom stereocenters. The minimum absolute atomic E-state index is 0.107. The highest BCUT2D eigenvalue weighted by Gasteiger charge is 2.27. The number of fused-ring (bicyclic) bond motifs is 1. The predicted molar refractivity (Wildman–Crippen MR) is 96.3 cm³/mol. The van der Waals surface area contributed by atoms with Crippen LogP contribution >= 0.6 is 15.9 Å². The van der Waals surface area contributed by atoms with E-state index in [1.807, 2.05) is 18.2 Å². The van der Waals surface area contributed by atoms with Gasteiger partial charge in [-0.05, 0) is 48.8 Å². The van der Waals surface area contributed by atoms with Crippen molar-refractivity contribution in [3.8, 4) is 0 Å². The lowest BCUT2D eigenvalue weighted by Crippen LogP contribution is -2.45. The fourth-order valence-electron chi connectivity index (χ4n) is 3.19. The third kappa shape index (κ3) is 3.42. The lowest BCUT2D eigenvalue weighted by molar-refractivity contribution is -0.143. The second-order valence-electron chi connectivity index (χ2n) is 6.08. The van der Waals surface area contributed by atoms with E-state index in [9.17, 15) is 4.79 Å². The Kier molecular flexibility index (Phi) is 5.10. The number of morpholine rings is 1. The van der Waals surface area contributed by atoms with Gasteiger partial charge in [-0.3, -0.25) is 9.48 Å². The Morgan fingerprint density at radius 3 is 2.75 bits per heavy atom. The third-order valence-electron chi connectivity index (χ3n) is 4.01. The molecule has 1 aromatic carbocycles. The third-order valence-corrected chi connectivity index (χ3v) is 4.67. The highest BCUT2D eigenvalue weighted by molar-refractivity contribution is 9.10. The summed E-state index contributed by atoms with van der Waals surface area (Å²) in [6, 6.07) is 5.92. The molecule has 2 atom stereocenters. The molecule has 1 fully saturated rings. The number of nitrogens with zero attached hydrogens (tertiary/aromatic N) is 3. The van der Waals surface area contributed by atoms with Crippen LogP contribution in [0.5, 0.6) is 0 Å². The molecule has 3 rings (SSSR count). The molecule has 2 heterocycles. The van der Waals surface area contributed by atoms with E-state index in [1.165, 1.54) is 0 Å². The van der Waals surface area contributed by atoms with Gasteiger partial charge in [0.2, 0.25) is 0 Å². The maximum absolute atomic E-state index is 11.9. The molecular weight excluding hydrogens is 374 g/mol. The molecule has 130 valence electrons. The molecular formula is C17H22BrN3O3. The first-order chi connectivity index (χ1) is 11.5. The summed E-state index contributed by atoms with van der Waals surface area (Å²) in [5, 5.41) is 5.74. The van der Waals surface area contributed by atoms with E-state index in [0.29, 0.717) is 6.61 Å². The molecule has 0 N–H and O–H groups in total. The van der Waals surface area contributed by atoms with Crippen molar-refractivity contribution < 1.29 is 14.3 Å². The number of carbonyl (C=O) groups excluding carboxylic acids is 1. The zero-order chi connectivity index (χ0) is 17.3. The van der Waals surface area contributed by atoms with E-state index in [1.54, 1.807) is 11.6 Å². The second-order valence-corrected chi connectivity index (χ2v) is 6.94. The van der Waals surface area contributed by atoms with Crippen LogP contribution in [0.4, 0.5) is 5.82 Å². The Labute approximate surface area is 149 Å². The summed E-state index contributed by atoms with van der Waals surface area (Å²) in [5.41, 5.74) is 0.916. The summed E-state index contributed by atoms with van der Waals surface area (Å²) in [7, 11) is 0. The molecule has 2 aromatic rings. The first kappa shape index (κ1) is 17.2. The fourth-order valence-corrected chi connectivity index (χ4v) is 3.72. The molecule has 1 aromatic heterocycles. The number of esters is 1. The molecule has 1 aliphatic rings. The number of benzene rings is 1. The molecule has 1 saturated heterocycles. The molecule has 6 nitrogen and oxygen atoms in total. The number of aromatic nitrogens is 2. The van der Waals surface area contributed by atoms with Crippen LogP contribution in [0.2, 0.25) is 0 Å². The monoisotopic (exact) mass is 395 g/mol. The number of anilines is 1. The minimum atomic E-state index is -0.280. The van der Waals surface area contributed by atoms with Crippen molar-refractivity contribution in [3.63, 3.8) is 0 Å². The molecule has 0 radical (unpaired) electrons. The second kappa shape index (κ2) is 7.11. The molecule has 24 heavy (non-hydrogen) atoms. The van der Waals surface area contributed by atoms with Crippen molar-refractivity contribution in [2.24, 2.45) is 0 Å². The van der Waals surface area contributed by atoms with Crippen molar-refractivity contribution in [2.45, 2.75) is 39.5 Å². The standard InChI is InChI=1S/C17H22BrN3O3/c1-4-23-15(22)10-21-14-7-5-6-13(18)16(14)17(19-21)20-8-11(2)24-12(3)9-20/h5-7,11-12H,4,8-10H2,1-3H3/t11-,12+.